The first-order chi connectivity index (χ1) is 15.1. The molecule has 2 aromatic carbocycles. The standard InChI is InChI=1S/C24H22N6O/c1-16-8-17(14-30(16)24(31)21-5-3-2-4-19(21)10-25)13-29-15-26-22-9-18(6-7-23(22)29)20-11-27-28-12-20/h2-7,9,11-12,15-17H,8,13-14H2,1H3,(H,27,28)/t16-,17?/m0/s1. The minimum absolute atomic E-state index is 0.0626. The maximum Gasteiger partial charge on any atom is 0.255 e. The predicted octanol–water partition coefficient (Wildman–Crippen LogP) is 3.85. The molecule has 0 radical (unpaired) electrons. The lowest BCUT2D eigenvalue weighted by molar-refractivity contribution is 0.0742. The third-order valence-corrected chi connectivity index (χ3v) is 6.11. The first kappa shape index (κ1) is 19.1. The van der Waals surface area contributed by atoms with Gasteiger partial charge in [0.1, 0.15) is 0 Å². The normalized spacial score (nSPS) is 18.4. The van der Waals surface area contributed by atoms with Crippen LogP contribution in [0, 0.1) is 17.2 Å². The zero-order valence-corrected chi connectivity index (χ0v) is 17.2. The van der Waals surface area contributed by atoms with Crippen LogP contribution in [0.1, 0.15) is 29.3 Å². The molecule has 1 aliphatic rings. The number of hydrogen-bond acceptors (Lipinski definition) is 4. The Bertz CT molecular complexity index is 1280. The highest BCUT2D eigenvalue weighted by Gasteiger charge is 2.34. The van der Waals surface area contributed by atoms with Crippen molar-refractivity contribution in [2.24, 2.45) is 5.92 Å². The Hall–Kier alpha value is -3.92. The van der Waals surface area contributed by atoms with E-state index in [-0.39, 0.29) is 11.9 Å². The largest absolute Gasteiger partial charge is 0.336 e. The molecule has 0 saturated carbocycles. The van der Waals surface area contributed by atoms with Crippen molar-refractivity contribution in [3.63, 3.8) is 0 Å². The number of hydrogen-bond donors (Lipinski definition) is 1. The molecule has 1 N–H and O–H groups in total. The molecular weight excluding hydrogens is 388 g/mol. The number of nitrogens with zero attached hydrogens (tertiary/aromatic N) is 5. The quantitative estimate of drug-likeness (QED) is 0.553. The molecule has 1 aliphatic heterocycles. The number of carbonyl (C=O) groups excluding carboxylic acids is 1. The second-order valence-corrected chi connectivity index (χ2v) is 8.15. The Balaban J connectivity index is 1.34. The van der Waals surface area contributed by atoms with Gasteiger partial charge in [-0.3, -0.25) is 9.89 Å². The van der Waals surface area contributed by atoms with Gasteiger partial charge in [0.2, 0.25) is 0 Å². The lowest BCUT2D eigenvalue weighted by atomic mass is 10.1. The van der Waals surface area contributed by atoms with Gasteiger partial charge in [-0.2, -0.15) is 10.4 Å². The number of carbonyl (C=O) groups is 1. The van der Waals surface area contributed by atoms with E-state index in [0.29, 0.717) is 23.6 Å². The average Bonchev–Trinajstić information content (AvgIpc) is 3.54. The second kappa shape index (κ2) is 7.73. The fraction of sp³-hybridized carbons (Fsp3) is 0.250. The summed E-state index contributed by atoms with van der Waals surface area (Å²) in [5.41, 5.74) is 5.05. The molecule has 7 nitrogen and oxygen atoms in total. The summed E-state index contributed by atoms with van der Waals surface area (Å²) < 4.78 is 2.17. The summed E-state index contributed by atoms with van der Waals surface area (Å²) in [6, 6.07) is 15.5. The van der Waals surface area contributed by atoms with Crippen molar-refractivity contribution < 1.29 is 4.79 Å². The maximum absolute atomic E-state index is 13.1. The van der Waals surface area contributed by atoms with Gasteiger partial charge in [-0.1, -0.05) is 18.2 Å². The van der Waals surface area contributed by atoms with E-state index in [1.165, 1.54) is 0 Å². The smallest absolute Gasteiger partial charge is 0.255 e. The summed E-state index contributed by atoms with van der Waals surface area (Å²) in [5.74, 6) is 0.270. The van der Waals surface area contributed by atoms with Crippen LogP contribution in [-0.4, -0.2) is 43.1 Å². The summed E-state index contributed by atoms with van der Waals surface area (Å²) in [7, 11) is 0. The number of aromatic amines is 1. The number of H-pyrrole nitrogens is 1. The number of amides is 1. The number of aromatic nitrogens is 4. The highest BCUT2D eigenvalue weighted by molar-refractivity contribution is 5.97. The van der Waals surface area contributed by atoms with Crippen molar-refractivity contribution in [3.8, 4) is 17.2 Å². The van der Waals surface area contributed by atoms with E-state index < -0.39 is 0 Å². The fourth-order valence-corrected chi connectivity index (χ4v) is 4.56. The predicted molar refractivity (Wildman–Crippen MR) is 117 cm³/mol. The van der Waals surface area contributed by atoms with Gasteiger partial charge >= 0.3 is 0 Å². The van der Waals surface area contributed by atoms with Gasteiger partial charge < -0.3 is 9.47 Å². The summed E-state index contributed by atoms with van der Waals surface area (Å²) in [5, 5.41) is 16.2. The SMILES string of the molecule is C[C@H]1CC(Cn2cnc3cc(-c4cn[nH]c4)ccc32)CN1C(=O)c1ccccc1C#N. The van der Waals surface area contributed by atoms with Crippen LogP contribution in [0.2, 0.25) is 0 Å². The number of nitriles is 1. The number of likely N-dealkylation sites (tertiary alicyclic amines) is 1. The van der Waals surface area contributed by atoms with E-state index in [1.54, 1.807) is 24.4 Å². The average molecular weight is 410 g/mol. The van der Waals surface area contributed by atoms with Gasteiger partial charge in [-0.25, -0.2) is 4.98 Å². The van der Waals surface area contributed by atoms with Crippen molar-refractivity contribution in [1.29, 1.82) is 5.26 Å². The third-order valence-electron chi connectivity index (χ3n) is 6.11. The van der Waals surface area contributed by atoms with Gasteiger partial charge in [0.15, 0.2) is 0 Å². The van der Waals surface area contributed by atoms with Crippen molar-refractivity contribution in [2.45, 2.75) is 25.9 Å². The van der Waals surface area contributed by atoms with Crippen molar-refractivity contribution in [3.05, 3.63) is 72.3 Å². The van der Waals surface area contributed by atoms with Crippen LogP contribution < -0.4 is 0 Å². The highest BCUT2D eigenvalue weighted by atomic mass is 16.2. The van der Waals surface area contributed by atoms with E-state index >= 15 is 0 Å². The van der Waals surface area contributed by atoms with Gasteiger partial charge in [-0.05, 0) is 49.1 Å². The highest BCUT2D eigenvalue weighted by Crippen LogP contribution is 2.29. The van der Waals surface area contributed by atoms with Crippen molar-refractivity contribution in [1.82, 2.24) is 24.6 Å². The van der Waals surface area contributed by atoms with Gasteiger partial charge in [0, 0.05) is 30.9 Å². The molecule has 0 aliphatic carbocycles. The summed E-state index contributed by atoms with van der Waals surface area (Å²) in [6.45, 7) is 3.55. The van der Waals surface area contributed by atoms with Crippen LogP contribution in [0.15, 0.2) is 61.2 Å². The zero-order valence-electron chi connectivity index (χ0n) is 17.2. The zero-order chi connectivity index (χ0) is 21.4. The molecule has 1 saturated heterocycles. The molecule has 1 amide bonds. The molecule has 3 heterocycles. The number of fused-ring (bicyclic) bond motifs is 1. The summed E-state index contributed by atoms with van der Waals surface area (Å²) in [6.07, 6.45) is 6.47. The molecule has 1 fully saturated rings. The van der Waals surface area contributed by atoms with Gasteiger partial charge in [0.05, 0.1) is 40.8 Å². The molecule has 2 aromatic heterocycles. The first-order valence-electron chi connectivity index (χ1n) is 10.4. The minimum Gasteiger partial charge on any atom is -0.336 e. The Kier molecular flexibility index (Phi) is 4.75. The first-order valence-corrected chi connectivity index (χ1v) is 10.4. The van der Waals surface area contributed by atoms with E-state index in [2.05, 4.69) is 50.9 Å². The molecular formula is C24H22N6O. The second-order valence-electron chi connectivity index (χ2n) is 8.15. The summed E-state index contributed by atoms with van der Waals surface area (Å²) in [4.78, 5) is 19.6. The molecule has 2 atom stereocenters. The molecule has 0 bridgehead atoms. The Morgan fingerprint density at radius 1 is 1.26 bits per heavy atom. The third kappa shape index (κ3) is 3.46. The van der Waals surface area contributed by atoms with Crippen LogP contribution >= 0.6 is 0 Å². The molecule has 154 valence electrons. The topological polar surface area (TPSA) is 90.6 Å². The van der Waals surface area contributed by atoms with Crippen LogP contribution in [0.4, 0.5) is 0 Å². The van der Waals surface area contributed by atoms with Crippen molar-refractivity contribution >= 4 is 16.9 Å². The summed E-state index contributed by atoms with van der Waals surface area (Å²) >= 11 is 0. The molecule has 1 unspecified atom stereocenters. The maximum atomic E-state index is 13.1. The molecule has 0 spiro atoms. The van der Waals surface area contributed by atoms with Gasteiger partial charge in [0.25, 0.3) is 5.91 Å². The number of benzene rings is 2. The Morgan fingerprint density at radius 3 is 2.94 bits per heavy atom. The van der Waals surface area contributed by atoms with Crippen LogP contribution in [0.3, 0.4) is 0 Å². The lowest BCUT2D eigenvalue weighted by Gasteiger charge is -2.22. The fourth-order valence-electron chi connectivity index (χ4n) is 4.56. The molecule has 7 heteroatoms. The van der Waals surface area contributed by atoms with Crippen LogP contribution in [-0.2, 0) is 6.54 Å². The monoisotopic (exact) mass is 410 g/mol. The van der Waals surface area contributed by atoms with Crippen LogP contribution in [0.5, 0.6) is 0 Å². The Labute approximate surface area is 179 Å². The van der Waals surface area contributed by atoms with Crippen molar-refractivity contribution in [2.75, 3.05) is 6.54 Å². The van der Waals surface area contributed by atoms with E-state index in [1.807, 2.05) is 23.5 Å². The van der Waals surface area contributed by atoms with E-state index in [0.717, 1.165) is 35.1 Å². The van der Waals surface area contributed by atoms with Crippen LogP contribution in [0.25, 0.3) is 22.2 Å². The number of nitrogens with one attached hydrogen (secondary N) is 1. The molecule has 4 aromatic rings. The number of rotatable bonds is 4. The van der Waals surface area contributed by atoms with E-state index in [9.17, 15) is 10.1 Å². The Morgan fingerprint density at radius 2 is 2.13 bits per heavy atom. The molecule has 5 rings (SSSR count). The van der Waals surface area contributed by atoms with Gasteiger partial charge in [-0.15, -0.1) is 0 Å². The van der Waals surface area contributed by atoms with E-state index in [4.69, 9.17) is 0 Å². The number of imidazole rings is 1. The minimum atomic E-state index is -0.0626. The molecule has 31 heavy (non-hydrogen) atoms. The lowest BCUT2D eigenvalue weighted by Crippen LogP contribution is -2.34.